The van der Waals surface area contributed by atoms with Crippen molar-refractivity contribution in [3.63, 3.8) is 0 Å². The third-order valence-electron chi connectivity index (χ3n) is 4.58. The van der Waals surface area contributed by atoms with E-state index in [0.29, 0.717) is 35.5 Å². The highest BCUT2D eigenvalue weighted by molar-refractivity contribution is 6.42. The molecule has 0 aliphatic carbocycles. The molecule has 7 heteroatoms. The SMILES string of the molecule is CCCNC(=O)C1CC(=O)N(c2ccc(OCc3ccc(Cl)c(Cl)c3)cc2)C1. The van der Waals surface area contributed by atoms with E-state index in [1.165, 1.54) is 0 Å². The highest BCUT2D eigenvalue weighted by Crippen LogP contribution is 2.28. The molecule has 1 aliphatic heterocycles. The number of carbonyl (C=O) groups is 2. The summed E-state index contributed by atoms with van der Waals surface area (Å²) in [5.41, 5.74) is 1.67. The lowest BCUT2D eigenvalue weighted by Crippen LogP contribution is -2.33. The molecule has 1 N–H and O–H groups in total. The summed E-state index contributed by atoms with van der Waals surface area (Å²) in [4.78, 5) is 26.1. The monoisotopic (exact) mass is 420 g/mol. The van der Waals surface area contributed by atoms with E-state index in [1.54, 1.807) is 17.0 Å². The third kappa shape index (κ3) is 4.97. The van der Waals surface area contributed by atoms with Crippen LogP contribution in [0.2, 0.25) is 10.0 Å². The smallest absolute Gasteiger partial charge is 0.227 e. The number of carbonyl (C=O) groups excluding carboxylic acids is 2. The van der Waals surface area contributed by atoms with Crippen LogP contribution in [0.5, 0.6) is 5.75 Å². The molecule has 0 saturated carbocycles. The Morgan fingerprint density at radius 2 is 1.93 bits per heavy atom. The molecule has 1 heterocycles. The van der Waals surface area contributed by atoms with E-state index >= 15 is 0 Å². The number of amides is 2. The van der Waals surface area contributed by atoms with E-state index < -0.39 is 0 Å². The molecule has 1 saturated heterocycles. The molecule has 28 heavy (non-hydrogen) atoms. The molecule has 0 radical (unpaired) electrons. The highest BCUT2D eigenvalue weighted by Gasteiger charge is 2.34. The number of anilines is 1. The second-order valence-electron chi connectivity index (χ2n) is 6.73. The topological polar surface area (TPSA) is 58.6 Å². The molecule has 1 fully saturated rings. The van der Waals surface area contributed by atoms with Gasteiger partial charge in [-0.3, -0.25) is 9.59 Å². The van der Waals surface area contributed by atoms with E-state index in [-0.39, 0.29) is 24.2 Å². The van der Waals surface area contributed by atoms with Crippen LogP contribution in [0.4, 0.5) is 5.69 Å². The van der Waals surface area contributed by atoms with Gasteiger partial charge in [0.05, 0.1) is 16.0 Å². The summed E-state index contributed by atoms with van der Waals surface area (Å²) in [6, 6.07) is 12.6. The van der Waals surface area contributed by atoms with Gasteiger partial charge in [-0.05, 0) is 48.4 Å². The fraction of sp³-hybridized carbons (Fsp3) is 0.333. The van der Waals surface area contributed by atoms with Crippen LogP contribution in [0.3, 0.4) is 0 Å². The molecule has 3 rings (SSSR count). The fourth-order valence-corrected chi connectivity index (χ4v) is 3.36. The summed E-state index contributed by atoms with van der Waals surface area (Å²) in [6.45, 7) is 3.39. The summed E-state index contributed by atoms with van der Waals surface area (Å²) in [5.74, 6) is 0.281. The molecule has 0 spiro atoms. The molecule has 148 valence electrons. The van der Waals surface area contributed by atoms with Gasteiger partial charge in [-0.25, -0.2) is 0 Å². The van der Waals surface area contributed by atoms with Gasteiger partial charge in [0.15, 0.2) is 0 Å². The Hall–Kier alpha value is -2.24. The molecule has 2 amide bonds. The average molecular weight is 421 g/mol. The summed E-state index contributed by atoms with van der Waals surface area (Å²) >= 11 is 11.9. The number of halogens is 2. The maximum absolute atomic E-state index is 12.3. The molecule has 2 aromatic rings. The van der Waals surface area contributed by atoms with E-state index in [1.807, 2.05) is 37.3 Å². The maximum Gasteiger partial charge on any atom is 0.227 e. The molecule has 1 unspecified atom stereocenters. The molecule has 0 aromatic heterocycles. The largest absolute Gasteiger partial charge is 0.489 e. The van der Waals surface area contributed by atoms with Crippen molar-refractivity contribution in [3.8, 4) is 5.75 Å². The van der Waals surface area contributed by atoms with Crippen LogP contribution in [0.1, 0.15) is 25.3 Å². The van der Waals surface area contributed by atoms with Crippen molar-refractivity contribution in [2.45, 2.75) is 26.4 Å². The van der Waals surface area contributed by atoms with Gasteiger partial charge in [-0.15, -0.1) is 0 Å². The summed E-state index contributed by atoms with van der Waals surface area (Å²) in [7, 11) is 0. The van der Waals surface area contributed by atoms with E-state index in [2.05, 4.69) is 5.32 Å². The summed E-state index contributed by atoms with van der Waals surface area (Å²) < 4.78 is 5.77. The van der Waals surface area contributed by atoms with Crippen molar-refractivity contribution in [1.82, 2.24) is 5.32 Å². The van der Waals surface area contributed by atoms with Gasteiger partial charge in [-0.1, -0.05) is 36.2 Å². The lowest BCUT2D eigenvalue weighted by molar-refractivity contribution is -0.126. The lowest BCUT2D eigenvalue weighted by Gasteiger charge is -2.17. The number of benzene rings is 2. The molecule has 0 bridgehead atoms. The quantitative estimate of drug-likeness (QED) is 0.719. The predicted molar refractivity (Wildman–Crippen MR) is 111 cm³/mol. The van der Waals surface area contributed by atoms with Crippen LogP contribution in [0.15, 0.2) is 42.5 Å². The van der Waals surface area contributed by atoms with Gasteiger partial charge in [0.25, 0.3) is 0 Å². The summed E-state index contributed by atoms with van der Waals surface area (Å²) in [5, 5.41) is 3.86. The first-order chi connectivity index (χ1) is 13.5. The lowest BCUT2D eigenvalue weighted by atomic mass is 10.1. The van der Waals surface area contributed by atoms with Crippen molar-refractivity contribution in [2.75, 3.05) is 18.0 Å². The van der Waals surface area contributed by atoms with Crippen LogP contribution >= 0.6 is 23.2 Å². The Kier molecular flexibility index (Phi) is 6.81. The molecular weight excluding hydrogens is 399 g/mol. The van der Waals surface area contributed by atoms with Gasteiger partial charge < -0.3 is 15.0 Å². The number of hydrogen-bond acceptors (Lipinski definition) is 3. The molecule has 5 nitrogen and oxygen atoms in total. The van der Waals surface area contributed by atoms with Crippen molar-refractivity contribution in [3.05, 3.63) is 58.1 Å². The first-order valence-electron chi connectivity index (χ1n) is 9.22. The zero-order valence-corrected chi connectivity index (χ0v) is 17.1. The van der Waals surface area contributed by atoms with Crippen molar-refractivity contribution >= 4 is 40.7 Å². The van der Waals surface area contributed by atoms with Gasteiger partial charge in [0.1, 0.15) is 12.4 Å². The van der Waals surface area contributed by atoms with E-state index in [4.69, 9.17) is 27.9 Å². The normalized spacial score (nSPS) is 16.3. The zero-order valence-electron chi connectivity index (χ0n) is 15.6. The maximum atomic E-state index is 12.3. The van der Waals surface area contributed by atoms with Crippen LogP contribution < -0.4 is 15.0 Å². The Balaban J connectivity index is 1.58. The minimum atomic E-state index is -0.301. The van der Waals surface area contributed by atoms with Crippen LogP contribution in [0.25, 0.3) is 0 Å². The number of nitrogens with zero attached hydrogens (tertiary/aromatic N) is 1. The number of ether oxygens (including phenoxy) is 1. The number of nitrogens with one attached hydrogen (secondary N) is 1. The van der Waals surface area contributed by atoms with Gasteiger partial charge in [-0.2, -0.15) is 0 Å². The minimum Gasteiger partial charge on any atom is -0.489 e. The fourth-order valence-electron chi connectivity index (χ4n) is 3.04. The first kappa shape index (κ1) is 20.5. The Morgan fingerprint density at radius 1 is 1.18 bits per heavy atom. The van der Waals surface area contributed by atoms with E-state index in [9.17, 15) is 9.59 Å². The highest BCUT2D eigenvalue weighted by atomic mass is 35.5. The van der Waals surface area contributed by atoms with Crippen LogP contribution in [-0.4, -0.2) is 24.9 Å². The second-order valence-corrected chi connectivity index (χ2v) is 7.54. The third-order valence-corrected chi connectivity index (χ3v) is 5.32. The molecule has 1 atom stereocenters. The van der Waals surface area contributed by atoms with Crippen molar-refractivity contribution < 1.29 is 14.3 Å². The minimum absolute atomic E-state index is 0.0406. The Labute approximate surface area is 174 Å². The standard InChI is InChI=1S/C21H22Cl2N2O3/c1-2-9-24-21(27)15-11-20(26)25(12-15)16-4-6-17(7-5-16)28-13-14-3-8-18(22)19(23)10-14/h3-8,10,15H,2,9,11-13H2,1H3,(H,24,27). The predicted octanol–water partition coefficient (Wildman–Crippen LogP) is 4.45. The molecule has 2 aromatic carbocycles. The van der Waals surface area contributed by atoms with Gasteiger partial charge in [0, 0.05) is 25.2 Å². The average Bonchev–Trinajstić information content (AvgIpc) is 3.09. The second kappa shape index (κ2) is 9.30. The Morgan fingerprint density at radius 3 is 2.61 bits per heavy atom. The first-order valence-corrected chi connectivity index (χ1v) is 9.98. The van der Waals surface area contributed by atoms with Gasteiger partial charge >= 0.3 is 0 Å². The number of rotatable bonds is 7. The zero-order chi connectivity index (χ0) is 20.1. The molecular formula is C21H22Cl2N2O3. The van der Waals surface area contributed by atoms with E-state index in [0.717, 1.165) is 17.7 Å². The Bertz CT molecular complexity index is 855. The van der Waals surface area contributed by atoms with Crippen LogP contribution in [-0.2, 0) is 16.2 Å². The van der Waals surface area contributed by atoms with Crippen molar-refractivity contribution in [2.24, 2.45) is 5.92 Å². The van der Waals surface area contributed by atoms with Gasteiger partial charge in [0.2, 0.25) is 11.8 Å². The molecule has 1 aliphatic rings. The number of hydrogen-bond donors (Lipinski definition) is 1. The van der Waals surface area contributed by atoms with Crippen molar-refractivity contribution in [1.29, 1.82) is 0 Å². The summed E-state index contributed by atoms with van der Waals surface area (Å²) in [6.07, 6.45) is 1.12. The van der Waals surface area contributed by atoms with Crippen LogP contribution in [0, 0.1) is 5.92 Å².